The molecule has 0 heterocycles. The molecule has 3 fully saturated rings. The molecule has 3 heteroatoms. The number of ketones is 2. The SMILES string of the molecule is C[C@]12CC[C@H]3[C@@H](CC[C@H]4CC(=O)C=C[C@@]43CO)[C@@H]1CCC2=O. The predicted molar refractivity (Wildman–Crippen MR) is 83.1 cm³/mol. The van der Waals surface area contributed by atoms with Crippen LogP contribution in [0, 0.1) is 34.5 Å². The first-order valence-corrected chi connectivity index (χ1v) is 8.87. The highest BCUT2D eigenvalue weighted by Crippen LogP contribution is 2.64. The zero-order chi connectivity index (χ0) is 15.5. The fourth-order valence-corrected chi connectivity index (χ4v) is 6.50. The molecule has 120 valence electrons. The van der Waals surface area contributed by atoms with E-state index in [4.69, 9.17) is 0 Å². The van der Waals surface area contributed by atoms with E-state index in [1.54, 1.807) is 6.08 Å². The zero-order valence-electron chi connectivity index (χ0n) is 13.4. The average Bonchev–Trinajstić information content (AvgIpc) is 2.82. The molecule has 0 bridgehead atoms. The lowest BCUT2D eigenvalue weighted by atomic mass is 9.46. The minimum absolute atomic E-state index is 0.112. The summed E-state index contributed by atoms with van der Waals surface area (Å²) in [5.41, 5.74) is -0.317. The van der Waals surface area contributed by atoms with Gasteiger partial charge in [-0.05, 0) is 61.9 Å². The van der Waals surface area contributed by atoms with E-state index in [2.05, 4.69) is 6.92 Å². The van der Waals surface area contributed by atoms with Crippen molar-refractivity contribution in [3.05, 3.63) is 12.2 Å². The van der Waals surface area contributed by atoms with Crippen LogP contribution in [0.15, 0.2) is 12.2 Å². The van der Waals surface area contributed by atoms with Crippen molar-refractivity contribution in [3.63, 3.8) is 0 Å². The van der Waals surface area contributed by atoms with Gasteiger partial charge in [0.05, 0.1) is 6.61 Å². The first-order valence-electron chi connectivity index (χ1n) is 8.87. The van der Waals surface area contributed by atoms with Gasteiger partial charge in [-0.3, -0.25) is 9.59 Å². The molecule has 0 aromatic carbocycles. The molecule has 22 heavy (non-hydrogen) atoms. The summed E-state index contributed by atoms with van der Waals surface area (Å²) >= 11 is 0. The van der Waals surface area contributed by atoms with E-state index in [1.807, 2.05) is 6.08 Å². The number of hydrogen-bond donors (Lipinski definition) is 1. The molecule has 0 saturated heterocycles. The first-order chi connectivity index (χ1) is 10.5. The van der Waals surface area contributed by atoms with E-state index in [0.717, 1.165) is 38.5 Å². The highest BCUT2D eigenvalue weighted by molar-refractivity contribution is 5.91. The maximum atomic E-state index is 12.4. The van der Waals surface area contributed by atoms with Crippen molar-refractivity contribution in [2.45, 2.75) is 51.9 Å². The normalized spacial score (nSPS) is 50.5. The Kier molecular flexibility index (Phi) is 3.17. The van der Waals surface area contributed by atoms with Crippen molar-refractivity contribution in [2.75, 3.05) is 6.61 Å². The molecule has 4 aliphatic carbocycles. The van der Waals surface area contributed by atoms with Gasteiger partial charge in [-0.15, -0.1) is 0 Å². The average molecular weight is 302 g/mol. The third-order valence-electron chi connectivity index (χ3n) is 7.75. The number of carbonyl (C=O) groups excluding carboxylic acids is 2. The van der Waals surface area contributed by atoms with E-state index in [9.17, 15) is 14.7 Å². The molecule has 3 nitrogen and oxygen atoms in total. The van der Waals surface area contributed by atoms with Crippen molar-refractivity contribution >= 4 is 11.6 Å². The fourth-order valence-electron chi connectivity index (χ4n) is 6.50. The maximum absolute atomic E-state index is 12.4. The molecule has 0 radical (unpaired) electrons. The summed E-state index contributed by atoms with van der Waals surface area (Å²) in [7, 11) is 0. The van der Waals surface area contributed by atoms with Crippen LogP contribution in [-0.2, 0) is 9.59 Å². The van der Waals surface area contributed by atoms with Gasteiger partial charge < -0.3 is 5.11 Å². The smallest absolute Gasteiger partial charge is 0.155 e. The van der Waals surface area contributed by atoms with Gasteiger partial charge in [0.1, 0.15) is 5.78 Å². The van der Waals surface area contributed by atoms with Gasteiger partial charge in [-0.2, -0.15) is 0 Å². The number of fused-ring (bicyclic) bond motifs is 5. The summed E-state index contributed by atoms with van der Waals surface area (Å²) < 4.78 is 0. The maximum Gasteiger partial charge on any atom is 0.155 e. The molecule has 0 aromatic heterocycles. The fraction of sp³-hybridized carbons (Fsp3) is 0.789. The van der Waals surface area contributed by atoms with Crippen LogP contribution in [-0.4, -0.2) is 23.3 Å². The third kappa shape index (κ3) is 1.72. The van der Waals surface area contributed by atoms with Crippen LogP contribution < -0.4 is 0 Å². The molecule has 0 unspecified atom stereocenters. The Bertz CT molecular complexity index is 551. The van der Waals surface area contributed by atoms with Crippen LogP contribution in [0.5, 0.6) is 0 Å². The minimum Gasteiger partial charge on any atom is -0.395 e. The van der Waals surface area contributed by atoms with Crippen molar-refractivity contribution < 1.29 is 14.7 Å². The van der Waals surface area contributed by atoms with Crippen molar-refractivity contribution in [1.82, 2.24) is 0 Å². The standard InChI is InChI=1S/C19H26O3/c1-18-8-7-16-14(15(18)4-5-17(18)22)3-2-12-10-13(21)6-9-19(12,16)11-20/h6,9,12,14-16,20H,2-5,7-8,10-11H2,1H3/t12-,14-,15-,16-,18-,19+/m0/s1. The Hall–Kier alpha value is -0.960. The minimum atomic E-state index is -0.205. The highest BCUT2D eigenvalue weighted by atomic mass is 16.3. The monoisotopic (exact) mass is 302 g/mol. The lowest BCUT2D eigenvalue weighted by molar-refractivity contribution is -0.138. The van der Waals surface area contributed by atoms with Crippen molar-refractivity contribution in [3.8, 4) is 0 Å². The molecular formula is C19H26O3. The van der Waals surface area contributed by atoms with Gasteiger partial charge in [-0.25, -0.2) is 0 Å². The second kappa shape index (κ2) is 4.77. The van der Waals surface area contributed by atoms with Gasteiger partial charge in [0.2, 0.25) is 0 Å². The van der Waals surface area contributed by atoms with E-state index in [1.165, 1.54) is 0 Å². The summed E-state index contributed by atoms with van der Waals surface area (Å²) in [5.74, 6) is 2.47. The van der Waals surface area contributed by atoms with Gasteiger partial charge >= 0.3 is 0 Å². The lowest BCUT2D eigenvalue weighted by Crippen LogP contribution is -2.55. The Morgan fingerprint density at radius 1 is 1.18 bits per heavy atom. The molecule has 4 aliphatic rings. The number of rotatable bonds is 1. The molecule has 0 spiro atoms. The van der Waals surface area contributed by atoms with Crippen molar-refractivity contribution in [1.29, 1.82) is 0 Å². The Balaban J connectivity index is 1.72. The van der Waals surface area contributed by atoms with Crippen LogP contribution >= 0.6 is 0 Å². The lowest BCUT2D eigenvalue weighted by Gasteiger charge is -2.58. The molecule has 3 saturated carbocycles. The number of allylic oxidation sites excluding steroid dienone is 1. The van der Waals surface area contributed by atoms with Crippen LogP contribution in [0.25, 0.3) is 0 Å². The summed E-state index contributed by atoms with van der Waals surface area (Å²) in [6, 6.07) is 0. The molecule has 0 aliphatic heterocycles. The van der Waals surface area contributed by atoms with Crippen LogP contribution in [0.2, 0.25) is 0 Å². The predicted octanol–water partition coefficient (Wildman–Crippen LogP) is 2.92. The number of aliphatic hydroxyl groups is 1. The topological polar surface area (TPSA) is 54.4 Å². The molecule has 0 aromatic rings. The molecule has 0 amide bonds. The van der Waals surface area contributed by atoms with Crippen LogP contribution in [0.4, 0.5) is 0 Å². The number of carbonyl (C=O) groups is 2. The summed E-state index contributed by atoms with van der Waals surface area (Å²) in [5, 5.41) is 10.2. The second-order valence-corrected chi connectivity index (χ2v) is 8.34. The van der Waals surface area contributed by atoms with Crippen molar-refractivity contribution in [2.24, 2.45) is 34.5 Å². The zero-order valence-corrected chi connectivity index (χ0v) is 13.4. The van der Waals surface area contributed by atoms with Gasteiger partial charge in [0, 0.05) is 23.7 Å². The second-order valence-electron chi connectivity index (χ2n) is 8.34. The largest absolute Gasteiger partial charge is 0.395 e. The van der Waals surface area contributed by atoms with Crippen LogP contribution in [0.3, 0.4) is 0 Å². The third-order valence-corrected chi connectivity index (χ3v) is 7.75. The highest BCUT2D eigenvalue weighted by Gasteiger charge is 2.60. The number of hydrogen-bond acceptors (Lipinski definition) is 3. The van der Waals surface area contributed by atoms with Gasteiger partial charge in [0.25, 0.3) is 0 Å². The van der Waals surface area contributed by atoms with E-state index in [-0.39, 0.29) is 23.2 Å². The Morgan fingerprint density at radius 3 is 2.77 bits per heavy atom. The van der Waals surface area contributed by atoms with E-state index < -0.39 is 0 Å². The molecular weight excluding hydrogens is 276 g/mol. The number of Topliss-reactive ketones (excluding diaryl/α,β-unsaturated/α-hetero) is 1. The van der Waals surface area contributed by atoms with Gasteiger partial charge in [-0.1, -0.05) is 13.0 Å². The van der Waals surface area contributed by atoms with Crippen LogP contribution in [0.1, 0.15) is 51.9 Å². The molecule has 1 N–H and O–H groups in total. The Morgan fingerprint density at radius 2 is 2.00 bits per heavy atom. The first kappa shape index (κ1) is 14.6. The summed E-state index contributed by atoms with van der Waals surface area (Å²) in [6.07, 6.45) is 10.3. The number of aliphatic hydroxyl groups excluding tert-OH is 1. The van der Waals surface area contributed by atoms with E-state index >= 15 is 0 Å². The quantitative estimate of drug-likeness (QED) is 0.810. The Labute approximate surface area is 132 Å². The molecule has 6 atom stereocenters. The van der Waals surface area contributed by atoms with E-state index in [0.29, 0.717) is 35.9 Å². The summed E-state index contributed by atoms with van der Waals surface area (Å²) in [4.78, 5) is 24.2. The molecule has 4 rings (SSSR count). The van der Waals surface area contributed by atoms with Gasteiger partial charge in [0.15, 0.2) is 5.78 Å². The summed E-state index contributed by atoms with van der Waals surface area (Å²) in [6.45, 7) is 2.33.